The number of carbonyl (C=O) groups excluding carboxylic acids is 3. The van der Waals surface area contributed by atoms with Gasteiger partial charge in [0, 0.05) is 11.9 Å². The number of aromatic nitrogens is 3. The number of rotatable bonds is 9. The Balaban J connectivity index is 1.39. The molecule has 3 heterocycles. The number of fused-ring (bicyclic) bond motifs is 1. The highest BCUT2D eigenvalue weighted by atomic mass is 32.2. The van der Waals surface area contributed by atoms with E-state index < -0.39 is 5.25 Å². The van der Waals surface area contributed by atoms with Gasteiger partial charge in [0.05, 0.1) is 28.8 Å². The van der Waals surface area contributed by atoms with Gasteiger partial charge < -0.3 is 19.9 Å². The second-order valence-electron chi connectivity index (χ2n) is 7.65. The van der Waals surface area contributed by atoms with Gasteiger partial charge in [0.15, 0.2) is 11.0 Å². The molecule has 0 aromatic carbocycles. The molecule has 2 amide bonds. The van der Waals surface area contributed by atoms with Crippen molar-refractivity contribution >= 4 is 57.2 Å². The molecule has 2 N–H and O–H groups in total. The quantitative estimate of drug-likeness (QED) is 0.327. The first kappa shape index (κ1) is 24.4. The Labute approximate surface area is 209 Å². The summed E-state index contributed by atoms with van der Waals surface area (Å²) in [5.74, 6) is -0.203. The van der Waals surface area contributed by atoms with Crippen molar-refractivity contribution in [1.29, 1.82) is 0 Å². The summed E-state index contributed by atoms with van der Waals surface area (Å²) >= 11 is 4.09. The third kappa shape index (κ3) is 5.18. The number of ether oxygens (including phenoxy) is 1. The first-order chi connectivity index (χ1) is 16.4. The minimum absolute atomic E-state index is 0.166. The SMILES string of the molecule is CCOC(=O)c1c(NC(=O)[C@H](C)Sc2nnc(CNC(=O)c3cccs3)n2C)sc2c1CCC2. The summed E-state index contributed by atoms with van der Waals surface area (Å²) in [7, 11) is 1.79. The molecule has 0 spiro atoms. The van der Waals surface area contributed by atoms with Gasteiger partial charge in [0.25, 0.3) is 5.91 Å². The van der Waals surface area contributed by atoms with Crippen molar-refractivity contribution in [1.82, 2.24) is 20.1 Å². The molecule has 1 aliphatic rings. The van der Waals surface area contributed by atoms with Crippen LogP contribution in [0.4, 0.5) is 5.00 Å². The number of hydrogen-bond acceptors (Lipinski definition) is 9. The second-order valence-corrected chi connectivity index (χ2v) is 11.0. The fourth-order valence-corrected chi connectivity index (χ4v) is 6.35. The molecule has 0 saturated carbocycles. The number of carbonyl (C=O) groups is 3. The van der Waals surface area contributed by atoms with Crippen LogP contribution in [0.25, 0.3) is 0 Å². The van der Waals surface area contributed by atoms with Crippen molar-refractivity contribution in [3.63, 3.8) is 0 Å². The van der Waals surface area contributed by atoms with E-state index in [0.29, 0.717) is 26.4 Å². The molecule has 3 aromatic rings. The van der Waals surface area contributed by atoms with Crippen LogP contribution in [-0.2, 0) is 36.0 Å². The fraction of sp³-hybridized carbons (Fsp3) is 0.409. The number of nitrogens with one attached hydrogen (secondary N) is 2. The van der Waals surface area contributed by atoms with E-state index in [1.807, 2.05) is 11.4 Å². The Kier molecular flexibility index (Phi) is 7.69. The minimum Gasteiger partial charge on any atom is -0.462 e. The highest BCUT2D eigenvalue weighted by Gasteiger charge is 2.29. The molecule has 0 aliphatic heterocycles. The van der Waals surface area contributed by atoms with Gasteiger partial charge >= 0.3 is 5.97 Å². The molecule has 0 fully saturated rings. The number of anilines is 1. The summed E-state index contributed by atoms with van der Waals surface area (Å²) in [5.41, 5.74) is 1.49. The summed E-state index contributed by atoms with van der Waals surface area (Å²) < 4.78 is 6.99. The maximum absolute atomic E-state index is 13.0. The standard InChI is InChI=1S/C22H25N5O4S3/c1-4-31-21(30)17-13-7-5-8-14(13)34-20(17)24-18(28)12(2)33-22-26-25-16(27(22)3)11-23-19(29)15-9-6-10-32-15/h6,9-10,12H,4-5,7-8,11H2,1-3H3,(H,23,29)(H,24,28)/t12-/m0/s1. The fourth-order valence-electron chi connectivity index (χ4n) is 3.59. The van der Waals surface area contributed by atoms with Crippen LogP contribution in [0.3, 0.4) is 0 Å². The molecule has 180 valence electrons. The number of nitrogens with zero attached hydrogens (tertiary/aromatic N) is 3. The van der Waals surface area contributed by atoms with Crippen LogP contribution in [0.1, 0.15) is 56.6 Å². The zero-order valence-corrected chi connectivity index (χ0v) is 21.5. The highest BCUT2D eigenvalue weighted by Crippen LogP contribution is 2.40. The Morgan fingerprint density at radius 2 is 2.12 bits per heavy atom. The Bertz CT molecular complexity index is 1200. The first-order valence-electron chi connectivity index (χ1n) is 10.9. The van der Waals surface area contributed by atoms with E-state index in [0.717, 1.165) is 29.7 Å². The van der Waals surface area contributed by atoms with E-state index in [9.17, 15) is 14.4 Å². The van der Waals surface area contributed by atoms with Crippen LogP contribution in [0.2, 0.25) is 0 Å². The van der Waals surface area contributed by atoms with Crippen LogP contribution >= 0.6 is 34.4 Å². The molecular weight excluding hydrogens is 494 g/mol. The minimum atomic E-state index is -0.483. The number of esters is 1. The summed E-state index contributed by atoms with van der Waals surface area (Å²) in [6, 6.07) is 3.58. The Hall–Kier alpha value is -2.70. The Morgan fingerprint density at radius 1 is 1.29 bits per heavy atom. The van der Waals surface area contributed by atoms with Crippen molar-refractivity contribution in [3.05, 3.63) is 44.2 Å². The normalized spacial score (nSPS) is 13.4. The molecule has 34 heavy (non-hydrogen) atoms. The van der Waals surface area contributed by atoms with Crippen molar-refractivity contribution < 1.29 is 19.1 Å². The van der Waals surface area contributed by atoms with Crippen LogP contribution in [-0.4, -0.2) is 44.4 Å². The maximum Gasteiger partial charge on any atom is 0.341 e. The summed E-state index contributed by atoms with van der Waals surface area (Å²) in [4.78, 5) is 39.4. The number of aryl methyl sites for hydroxylation is 1. The topological polar surface area (TPSA) is 115 Å². The molecule has 0 saturated heterocycles. The lowest BCUT2D eigenvalue weighted by Crippen LogP contribution is -2.24. The van der Waals surface area contributed by atoms with Gasteiger partial charge in [-0.3, -0.25) is 9.59 Å². The number of amides is 2. The average molecular weight is 520 g/mol. The second kappa shape index (κ2) is 10.7. The number of hydrogen-bond donors (Lipinski definition) is 2. The number of thiophene rings is 2. The third-order valence-electron chi connectivity index (χ3n) is 5.37. The van der Waals surface area contributed by atoms with Gasteiger partial charge in [0.2, 0.25) is 5.91 Å². The molecule has 4 rings (SSSR count). The van der Waals surface area contributed by atoms with Gasteiger partial charge in [-0.25, -0.2) is 4.79 Å². The van der Waals surface area contributed by atoms with Gasteiger partial charge in [-0.05, 0) is 50.1 Å². The molecule has 1 atom stereocenters. The largest absolute Gasteiger partial charge is 0.462 e. The summed E-state index contributed by atoms with van der Waals surface area (Å²) in [6.45, 7) is 4.05. The van der Waals surface area contributed by atoms with Crippen molar-refractivity contribution in [2.75, 3.05) is 11.9 Å². The summed E-state index contributed by atoms with van der Waals surface area (Å²) in [6.07, 6.45) is 2.75. The third-order valence-corrected chi connectivity index (χ3v) is 8.58. The summed E-state index contributed by atoms with van der Waals surface area (Å²) in [5, 5.41) is 16.5. The molecule has 12 heteroatoms. The predicted octanol–water partition coefficient (Wildman–Crippen LogP) is 3.65. The van der Waals surface area contributed by atoms with Crippen LogP contribution in [0.5, 0.6) is 0 Å². The van der Waals surface area contributed by atoms with Crippen molar-refractivity contribution in [3.8, 4) is 0 Å². The van der Waals surface area contributed by atoms with Gasteiger partial charge in [-0.1, -0.05) is 17.8 Å². The van der Waals surface area contributed by atoms with E-state index in [1.165, 1.54) is 34.4 Å². The lowest BCUT2D eigenvalue weighted by Gasteiger charge is -2.12. The van der Waals surface area contributed by atoms with E-state index in [-0.39, 0.29) is 30.9 Å². The lowest BCUT2D eigenvalue weighted by atomic mass is 10.1. The number of thioether (sulfide) groups is 1. The molecule has 0 unspecified atom stereocenters. The molecule has 0 radical (unpaired) electrons. The molecule has 9 nitrogen and oxygen atoms in total. The van der Waals surface area contributed by atoms with Crippen molar-refractivity contribution in [2.24, 2.45) is 7.05 Å². The Morgan fingerprint density at radius 3 is 2.85 bits per heavy atom. The molecule has 0 bridgehead atoms. The lowest BCUT2D eigenvalue weighted by molar-refractivity contribution is -0.115. The molecular formula is C22H25N5O4S3. The van der Waals surface area contributed by atoms with Gasteiger partial charge in [-0.15, -0.1) is 32.9 Å². The smallest absolute Gasteiger partial charge is 0.341 e. The maximum atomic E-state index is 13.0. The van der Waals surface area contributed by atoms with Crippen LogP contribution in [0.15, 0.2) is 22.7 Å². The van der Waals surface area contributed by atoms with E-state index in [2.05, 4.69) is 20.8 Å². The van der Waals surface area contributed by atoms with Gasteiger partial charge in [0.1, 0.15) is 5.00 Å². The van der Waals surface area contributed by atoms with E-state index in [1.54, 1.807) is 31.5 Å². The van der Waals surface area contributed by atoms with Crippen molar-refractivity contribution in [2.45, 2.75) is 50.1 Å². The highest BCUT2D eigenvalue weighted by molar-refractivity contribution is 8.00. The first-order valence-corrected chi connectivity index (χ1v) is 13.5. The molecule has 1 aliphatic carbocycles. The average Bonchev–Trinajstić information content (AvgIpc) is 3.59. The van der Waals surface area contributed by atoms with Crippen LogP contribution in [0, 0.1) is 0 Å². The van der Waals surface area contributed by atoms with Crippen LogP contribution < -0.4 is 10.6 Å². The van der Waals surface area contributed by atoms with E-state index >= 15 is 0 Å². The van der Waals surface area contributed by atoms with E-state index in [4.69, 9.17) is 4.74 Å². The monoisotopic (exact) mass is 519 g/mol. The van der Waals surface area contributed by atoms with Gasteiger partial charge in [-0.2, -0.15) is 0 Å². The molecule has 3 aromatic heterocycles. The zero-order valence-electron chi connectivity index (χ0n) is 19.0. The predicted molar refractivity (Wildman–Crippen MR) is 133 cm³/mol. The zero-order chi connectivity index (χ0) is 24.2.